The van der Waals surface area contributed by atoms with Gasteiger partial charge in [-0.3, -0.25) is 9.59 Å². The lowest BCUT2D eigenvalue weighted by Gasteiger charge is -2.12. The number of amides is 1. The summed E-state index contributed by atoms with van der Waals surface area (Å²) < 4.78 is 24.7. The summed E-state index contributed by atoms with van der Waals surface area (Å²) in [5.74, 6) is -0.455. The molecule has 0 spiro atoms. The first-order chi connectivity index (χ1) is 12.9. The Labute approximate surface area is 158 Å². The number of rotatable bonds is 5. The van der Waals surface area contributed by atoms with Gasteiger partial charge in [-0.15, -0.1) is 0 Å². The molecule has 1 amide bonds. The van der Waals surface area contributed by atoms with Crippen molar-refractivity contribution in [3.63, 3.8) is 0 Å². The molecule has 1 heterocycles. The summed E-state index contributed by atoms with van der Waals surface area (Å²) in [6.07, 6.45) is 1.46. The highest BCUT2D eigenvalue weighted by Crippen LogP contribution is 2.32. The molecule has 1 N–H and O–H groups in total. The summed E-state index contributed by atoms with van der Waals surface area (Å²) in [4.78, 5) is 25.0. The lowest BCUT2D eigenvalue weighted by atomic mass is 10.1. The van der Waals surface area contributed by atoms with Crippen LogP contribution in [0.25, 0.3) is 10.8 Å². The number of carbonyl (C=O) groups excluding carboxylic acids is 1. The van der Waals surface area contributed by atoms with Crippen LogP contribution in [0.3, 0.4) is 0 Å². The Kier molecular flexibility index (Phi) is 5.27. The fourth-order valence-electron chi connectivity index (χ4n) is 2.61. The van der Waals surface area contributed by atoms with Gasteiger partial charge in [0.15, 0.2) is 11.5 Å². The zero-order valence-corrected chi connectivity index (χ0v) is 15.2. The molecule has 0 radical (unpaired) electrons. The number of ether oxygens (including phenoxy) is 2. The lowest BCUT2D eigenvalue weighted by Crippen LogP contribution is -2.29. The van der Waals surface area contributed by atoms with Crippen molar-refractivity contribution in [3.05, 3.63) is 57.7 Å². The molecule has 0 fully saturated rings. The van der Waals surface area contributed by atoms with E-state index in [0.717, 1.165) is 10.7 Å². The molecule has 3 rings (SSSR count). The van der Waals surface area contributed by atoms with Gasteiger partial charge in [0.1, 0.15) is 12.4 Å². The van der Waals surface area contributed by atoms with Crippen molar-refractivity contribution in [1.82, 2.24) is 9.78 Å². The fraction of sp³-hybridized carbons (Fsp3) is 0.167. The minimum Gasteiger partial charge on any atom is -0.493 e. The first-order valence-corrected chi connectivity index (χ1v) is 8.18. The summed E-state index contributed by atoms with van der Waals surface area (Å²) in [6.45, 7) is -0.343. The quantitative estimate of drug-likeness (QED) is 0.723. The van der Waals surface area contributed by atoms with Crippen LogP contribution >= 0.6 is 11.6 Å². The average molecular weight is 392 g/mol. The summed E-state index contributed by atoms with van der Waals surface area (Å²) >= 11 is 5.69. The van der Waals surface area contributed by atoms with E-state index in [2.05, 4.69) is 10.4 Å². The highest BCUT2D eigenvalue weighted by atomic mass is 35.5. The second kappa shape index (κ2) is 7.63. The van der Waals surface area contributed by atoms with Crippen LogP contribution in [-0.2, 0) is 11.3 Å². The Bertz CT molecular complexity index is 1080. The number of anilines is 1. The van der Waals surface area contributed by atoms with Crippen molar-refractivity contribution >= 4 is 34.0 Å². The zero-order valence-electron chi connectivity index (χ0n) is 14.5. The normalized spacial score (nSPS) is 10.7. The molecule has 0 atom stereocenters. The van der Waals surface area contributed by atoms with E-state index in [9.17, 15) is 14.0 Å². The van der Waals surface area contributed by atoms with Gasteiger partial charge in [0.25, 0.3) is 5.56 Å². The lowest BCUT2D eigenvalue weighted by molar-refractivity contribution is -0.117. The molecule has 1 aromatic heterocycles. The second-order valence-corrected chi connectivity index (χ2v) is 5.96. The minimum atomic E-state index is -0.594. The van der Waals surface area contributed by atoms with Gasteiger partial charge in [0.05, 0.1) is 30.8 Å². The largest absolute Gasteiger partial charge is 0.493 e. The van der Waals surface area contributed by atoms with Gasteiger partial charge in [-0.05, 0) is 30.3 Å². The van der Waals surface area contributed by atoms with E-state index in [4.69, 9.17) is 21.1 Å². The number of halogens is 2. The average Bonchev–Trinajstić information content (AvgIpc) is 2.66. The predicted octanol–water partition coefficient (Wildman–Crippen LogP) is 2.84. The molecular weight excluding hydrogens is 377 g/mol. The molecule has 140 valence electrons. The molecule has 3 aromatic rings. The van der Waals surface area contributed by atoms with Gasteiger partial charge < -0.3 is 14.8 Å². The molecule has 0 aliphatic heterocycles. The summed E-state index contributed by atoms with van der Waals surface area (Å²) in [5.41, 5.74) is -0.199. The van der Waals surface area contributed by atoms with Gasteiger partial charge in [-0.2, -0.15) is 5.10 Å². The maximum absolute atomic E-state index is 13.2. The fourth-order valence-corrected chi connectivity index (χ4v) is 2.79. The van der Waals surface area contributed by atoms with Crippen molar-refractivity contribution in [2.45, 2.75) is 6.54 Å². The Morgan fingerprint density at radius 1 is 1.26 bits per heavy atom. The number of fused-ring (bicyclic) bond motifs is 1. The SMILES string of the molecule is COc1ccc2cnn(CC(=O)Nc3ccc(F)c(Cl)c3)c(=O)c2c1OC. The van der Waals surface area contributed by atoms with Crippen LogP contribution < -0.4 is 20.3 Å². The van der Waals surface area contributed by atoms with Crippen LogP contribution in [-0.4, -0.2) is 29.9 Å². The van der Waals surface area contributed by atoms with Gasteiger partial charge in [-0.25, -0.2) is 9.07 Å². The summed E-state index contributed by atoms with van der Waals surface area (Å²) in [7, 11) is 2.89. The first kappa shape index (κ1) is 18.7. The molecule has 27 heavy (non-hydrogen) atoms. The Balaban J connectivity index is 1.92. The molecular formula is C18H15ClFN3O4. The van der Waals surface area contributed by atoms with Crippen LogP contribution in [0.15, 0.2) is 41.3 Å². The highest BCUT2D eigenvalue weighted by molar-refractivity contribution is 6.31. The van der Waals surface area contributed by atoms with E-state index in [1.165, 1.54) is 32.5 Å². The standard InChI is InChI=1S/C18H15ClFN3O4/c1-26-14-6-3-10-8-21-23(18(25)16(10)17(14)27-2)9-15(24)22-11-4-5-13(20)12(19)7-11/h3-8H,9H2,1-2H3,(H,22,24). The minimum absolute atomic E-state index is 0.120. The van der Waals surface area contributed by atoms with Crippen LogP contribution in [0.1, 0.15) is 0 Å². The molecule has 0 aliphatic rings. The first-order valence-electron chi connectivity index (χ1n) is 7.80. The number of carbonyl (C=O) groups is 1. The van der Waals surface area contributed by atoms with E-state index >= 15 is 0 Å². The van der Waals surface area contributed by atoms with E-state index in [0.29, 0.717) is 16.8 Å². The van der Waals surface area contributed by atoms with E-state index in [1.54, 1.807) is 12.1 Å². The third kappa shape index (κ3) is 3.70. The van der Waals surface area contributed by atoms with Crippen molar-refractivity contribution in [1.29, 1.82) is 0 Å². The molecule has 7 nitrogen and oxygen atoms in total. The number of benzene rings is 2. The van der Waals surface area contributed by atoms with Crippen molar-refractivity contribution in [3.8, 4) is 11.5 Å². The molecule has 0 saturated carbocycles. The number of aromatic nitrogens is 2. The van der Waals surface area contributed by atoms with Gasteiger partial charge >= 0.3 is 0 Å². The Hall–Kier alpha value is -3.13. The van der Waals surface area contributed by atoms with Crippen LogP contribution in [0, 0.1) is 5.82 Å². The number of methoxy groups -OCH3 is 2. The molecule has 0 saturated heterocycles. The Morgan fingerprint density at radius 2 is 2.04 bits per heavy atom. The predicted molar refractivity (Wildman–Crippen MR) is 99.1 cm³/mol. The Morgan fingerprint density at radius 3 is 2.70 bits per heavy atom. The van der Waals surface area contributed by atoms with Gasteiger partial charge in [-0.1, -0.05) is 11.6 Å². The highest BCUT2D eigenvalue weighted by Gasteiger charge is 2.16. The van der Waals surface area contributed by atoms with E-state index in [-0.39, 0.29) is 22.7 Å². The van der Waals surface area contributed by atoms with Crippen LogP contribution in [0.2, 0.25) is 5.02 Å². The van der Waals surface area contributed by atoms with Crippen molar-refractivity contribution < 1.29 is 18.7 Å². The summed E-state index contributed by atoms with van der Waals surface area (Å²) in [5, 5.41) is 7.24. The maximum Gasteiger partial charge on any atom is 0.279 e. The molecule has 0 unspecified atom stereocenters. The zero-order chi connectivity index (χ0) is 19.6. The number of hydrogen-bond acceptors (Lipinski definition) is 5. The second-order valence-electron chi connectivity index (χ2n) is 5.55. The van der Waals surface area contributed by atoms with Crippen LogP contribution in [0.4, 0.5) is 10.1 Å². The van der Waals surface area contributed by atoms with Crippen molar-refractivity contribution in [2.75, 3.05) is 19.5 Å². The third-order valence-electron chi connectivity index (χ3n) is 3.86. The molecule has 2 aromatic carbocycles. The van der Waals surface area contributed by atoms with Gasteiger partial charge in [0.2, 0.25) is 5.91 Å². The molecule has 9 heteroatoms. The molecule has 0 bridgehead atoms. The number of nitrogens with one attached hydrogen (secondary N) is 1. The van der Waals surface area contributed by atoms with E-state index < -0.39 is 17.3 Å². The van der Waals surface area contributed by atoms with E-state index in [1.807, 2.05) is 0 Å². The topological polar surface area (TPSA) is 82.5 Å². The molecule has 0 aliphatic carbocycles. The third-order valence-corrected chi connectivity index (χ3v) is 4.15. The monoisotopic (exact) mass is 391 g/mol. The number of nitrogens with zero attached hydrogens (tertiary/aromatic N) is 2. The summed E-state index contributed by atoms with van der Waals surface area (Å²) in [6, 6.07) is 7.12. The number of hydrogen-bond donors (Lipinski definition) is 1. The van der Waals surface area contributed by atoms with Crippen LogP contribution in [0.5, 0.6) is 11.5 Å². The van der Waals surface area contributed by atoms with Crippen molar-refractivity contribution in [2.24, 2.45) is 0 Å². The smallest absolute Gasteiger partial charge is 0.279 e. The van der Waals surface area contributed by atoms with Gasteiger partial charge in [0, 0.05) is 11.1 Å². The maximum atomic E-state index is 13.2.